The van der Waals surface area contributed by atoms with Crippen molar-refractivity contribution in [3.8, 4) is 0 Å². The largest absolute Gasteiger partial charge is 0.462 e. The minimum Gasteiger partial charge on any atom is -0.462 e. The molecule has 1 aromatic heterocycles. The van der Waals surface area contributed by atoms with Gasteiger partial charge < -0.3 is 14.1 Å². The standard InChI is InChI=1S/C16H21NO6S/c1-3-17(13-8-9-24(20,21)11-13)15(18)10-22-16(19)7-6-14-5-4-12(2)23-14/h4-7,13H,3,8-11H2,1-2H3. The molecule has 2 heterocycles. The Morgan fingerprint density at radius 1 is 1.42 bits per heavy atom. The second-order valence-corrected chi connectivity index (χ2v) is 7.85. The zero-order valence-corrected chi connectivity index (χ0v) is 14.5. The molecular weight excluding hydrogens is 334 g/mol. The molecule has 0 bridgehead atoms. The van der Waals surface area contributed by atoms with Crippen molar-refractivity contribution < 1.29 is 27.2 Å². The summed E-state index contributed by atoms with van der Waals surface area (Å²) in [5.41, 5.74) is 0. The first-order chi connectivity index (χ1) is 11.3. The van der Waals surface area contributed by atoms with Crippen LogP contribution in [0.25, 0.3) is 6.08 Å². The molecular formula is C16H21NO6S. The molecule has 7 nitrogen and oxygen atoms in total. The van der Waals surface area contributed by atoms with Gasteiger partial charge in [0.15, 0.2) is 16.4 Å². The van der Waals surface area contributed by atoms with Crippen molar-refractivity contribution in [2.45, 2.75) is 26.3 Å². The van der Waals surface area contributed by atoms with Gasteiger partial charge in [-0.2, -0.15) is 0 Å². The van der Waals surface area contributed by atoms with Crippen molar-refractivity contribution >= 4 is 27.8 Å². The molecule has 1 unspecified atom stereocenters. The Morgan fingerprint density at radius 2 is 2.17 bits per heavy atom. The minimum absolute atomic E-state index is 0.0295. The molecule has 1 aliphatic rings. The number of amides is 1. The molecule has 1 amide bonds. The Morgan fingerprint density at radius 3 is 2.71 bits per heavy atom. The highest BCUT2D eigenvalue weighted by Crippen LogP contribution is 2.17. The summed E-state index contributed by atoms with van der Waals surface area (Å²) in [6, 6.07) is 3.14. The molecule has 1 aliphatic heterocycles. The lowest BCUT2D eigenvalue weighted by Crippen LogP contribution is -2.43. The van der Waals surface area contributed by atoms with E-state index in [9.17, 15) is 18.0 Å². The van der Waals surface area contributed by atoms with Gasteiger partial charge in [-0.1, -0.05) is 0 Å². The average Bonchev–Trinajstić information content (AvgIpc) is 3.09. The first-order valence-corrected chi connectivity index (χ1v) is 9.54. The molecule has 0 aliphatic carbocycles. The highest BCUT2D eigenvalue weighted by molar-refractivity contribution is 7.91. The van der Waals surface area contributed by atoms with Crippen molar-refractivity contribution in [3.05, 3.63) is 29.7 Å². The van der Waals surface area contributed by atoms with Crippen LogP contribution in [0.5, 0.6) is 0 Å². The van der Waals surface area contributed by atoms with E-state index in [1.54, 1.807) is 26.0 Å². The van der Waals surface area contributed by atoms with Crippen LogP contribution in [0.2, 0.25) is 0 Å². The second kappa shape index (κ2) is 7.65. The second-order valence-electron chi connectivity index (χ2n) is 5.63. The molecule has 1 saturated heterocycles. The number of sulfone groups is 1. The maximum atomic E-state index is 12.2. The van der Waals surface area contributed by atoms with Crippen molar-refractivity contribution in [2.75, 3.05) is 24.7 Å². The van der Waals surface area contributed by atoms with E-state index < -0.39 is 28.3 Å². The molecule has 132 valence electrons. The minimum atomic E-state index is -3.08. The molecule has 0 N–H and O–H groups in total. The summed E-state index contributed by atoms with van der Waals surface area (Å²) in [6.45, 7) is 3.52. The Bertz CT molecular complexity index is 734. The Kier molecular flexibility index (Phi) is 5.82. The molecule has 0 aromatic carbocycles. The van der Waals surface area contributed by atoms with E-state index in [0.717, 1.165) is 5.76 Å². The van der Waals surface area contributed by atoms with E-state index in [0.29, 0.717) is 18.7 Å². The third-order valence-electron chi connectivity index (χ3n) is 3.79. The molecule has 24 heavy (non-hydrogen) atoms. The zero-order chi connectivity index (χ0) is 17.7. The van der Waals surface area contributed by atoms with Crippen LogP contribution in [0.15, 0.2) is 22.6 Å². The molecule has 0 spiro atoms. The predicted molar refractivity (Wildman–Crippen MR) is 87.9 cm³/mol. The summed E-state index contributed by atoms with van der Waals surface area (Å²) in [6.07, 6.45) is 3.07. The number of nitrogens with zero attached hydrogens (tertiary/aromatic N) is 1. The van der Waals surface area contributed by atoms with Crippen LogP contribution < -0.4 is 0 Å². The number of carbonyl (C=O) groups is 2. The maximum absolute atomic E-state index is 12.2. The average molecular weight is 355 g/mol. The van der Waals surface area contributed by atoms with Crippen LogP contribution in [0.4, 0.5) is 0 Å². The lowest BCUT2D eigenvalue weighted by molar-refractivity contribution is -0.149. The van der Waals surface area contributed by atoms with Gasteiger partial charge in [0.1, 0.15) is 11.5 Å². The smallest absolute Gasteiger partial charge is 0.331 e. The van der Waals surface area contributed by atoms with Gasteiger partial charge in [-0.25, -0.2) is 13.2 Å². The fourth-order valence-corrected chi connectivity index (χ4v) is 4.35. The number of rotatable bonds is 6. The van der Waals surface area contributed by atoms with Crippen LogP contribution in [-0.4, -0.2) is 55.9 Å². The number of aryl methyl sites for hydroxylation is 1. The predicted octanol–water partition coefficient (Wildman–Crippen LogP) is 1.18. The molecule has 1 aromatic rings. The van der Waals surface area contributed by atoms with Crippen molar-refractivity contribution in [2.24, 2.45) is 0 Å². The van der Waals surface area contributed by atoms with E-state index in [1.807, 2.05) is 0 Å². The number of carbonyl (C=O) groups excluding carboxylic acids is 2. The summed E-state index contributed by atoms with van der Waals surface area (Å²) < 4.78 is 33.3. The van der Waals surface area contributed by atoms with E-state index in [-0.39, 0.29) is 17.5 Å². The number of hydrogen-bond donors (Lipinski definition) is 0. The van der Waals surface area contributed by atoms with Crippen LogP contribution in [-0.2, 0) is 24.2 Å². The van der Waals surface area contributed by atoms with Crippen LogP contribution in [0.3, 0.4) is 0 Å². The van der Waals surface area contributed by atoms with E-state index in [4.69, 9.17) is 9.15 Å². The van der Waals surface area contributed by atoms with Gasteiger partial charge in [-0.05, 0) is 38.5 Å². The van der Waals surface area contributed by atoms with E-state index >= 15 is 0 Å². The first kappa shape index (κ1) is 18.3. The number of esters is 1. The molecule has 2 rings (SSSR count). The molecule has 1 fully saturated rings. The number of furan rings is 1. The summed E-state index contributed by atoms with van der Waals surface area (Å²) in [4.78, 5) is 25.3. The molecule has 0 radical (unpaired) electrons. The first-order valence-electron chi connectivity index (χ1n) is 7.72. The molecule has 1 atom stereocenters. The lowest BCUT2D eigenvalue weighted by atomic mass is 10.2. The number of hydrogen-bond acceptors (Lipinski definition) is 6. The summed E-state index contributed by atoms with van der Waals surface area (Å²) in [5, 5.41) is 0. The Labute approximate surface area is 141 Å². The normalized spacial score (nSPS) is 19.5. The highest BCUT2D eigenvalue weighted by atomic mass is 32.2. The van der Waals surface area contributed by atoms with Crippen LogP contribution in [0, 0.1) is 6.92 Å². The fourth-order valence-electron chi connectivity index (χ4n) is 2.62. The third kappa shape index (κ3) is 4.95. The molecule has 8 heteroatoms. The fraction of sp³-hybridized carbons (Fsp3) is 0.500. The SMILES string of the molecule is CCN(C(=O)COC(=O)C=Cc1ccc(C)o1)C1CCS(=O)(=O)C1. The summed E-state index contributed by atoms with van der Waals surface area (Å²) in [7, 11) is -3.08. The van der Waals surface area contributed by atoms with Crippen molar-refractivity contribution in [1.82, 2.24) is 4.90 Å². The Balaban J connectivity index is 1.84. The zero-order valence-electron chi connectivity index (χ0n) is 13.7. The molecule has 0 saturated carbocycles. The monoisotopic (exact) mass is 355 g/mol. The summed E-state index contributed by atoms with van der Waals surface area (Å²) >= 11 is 0. The van der Waals surface area contributed by atoms with Gasteiger partial charge in [-0.15, -0.1) is 0 Å². The van der Waals surface area contributed by atoms with Crippen molar-refractivity contribution in [1.29, 1.82) is 0 Å². The number of ether oxygens (including phenoxy) is 1. The van der Waals surface area contributed by atoms with Crippen LogP contribution >= 0.6 is 0 Å². The van der Waals surface area contributed by atoms with Gasteiger partial charge in [0.25, 0.3) is 5.91 Å². The third-order valence-corrected chi connectivity index (χ3v) is 5.54. The summed E-state index contributed by atoms with van der Waals surface area (Å²) in [5.74, 6) is 0.248. The highest BCUT2D eigenvalue weighted by Gasteiger charge is 2.34. The quantitative estimate of drug-likeness (QED) is 0.562. The topological polar surface area (TPSA) is 93.9 Å². The van der Waals surface area contributed by atoms with Gasteiger partial charge in [-0.3, -0.25) is 4.79 Å². The van der Waals surface area contributed by atoms with E-state index in [2.05, 4.69) is 0 Å². The van der Waals surface area contributed by atoms with Crippen LogP contribution in [0.1, 0.15) is 24.9 Å². The van der Waals surface area contributed by atoms with Gasteiger partial charge >= 0.3 is 5.97 Å². The van der Waals surface area contributed by atoms with Gasteiger partial charge in [0.05, 0.1) is 11.5 Å². The van der Waals surface area contributed by atoms with Gasteiger partial charge in [0, 0.05) is 18.7 Å². The lowest BCUT2D eigenvalue weighted by Gasteiger charge is -2.26. The van der Waals surface area contributed by atoms with Crippen molar-refractivity contribution in [3.63, 3.8) is 0 Å². The van der Waals surface area contributed by atoms with E-state index in [1.165, 1.54) is 17.1 Å². The van der Waals surface area contributed by atoms with Gasteiger partial charge in [0.2, 0.25) is 0 Å². The maximum Gasteiger partial charge on any atom is 0.331 e. The number of likely N-dealkylation sites (N-methyl/N-ethyl adjacent to an activating group) is 1. The Hall–Kier alpha value is -2.09.